The normalized spacial score (nSPS) is 11.4. The van der Waals surface area contributed by atoms with E-state index in [-0.39, 0.29) is 5.88 Å². The summed E-state index contributed by atoms with van der Waals surface area (Å²) in [7, 11) is 0. The molecular weight excluding hydrogens is 312 g/mol. The lowest BCUT2D eigenvalue weighted by Crippen LogP contribution is -1.94. The molecule has 3 heterocycles. The summed E-state index contributed by atoms with van der Waals surface area (Å²) in [5, 5.41) is 12.0. The van der Waals surface area contributed by atoms with Crippen molar-refractivity contribution in [3.05, 3.63) is 48.4 Å². The highest BCUT2D eigenvalue weighted by atomic mass is 16.3. The Balaban J connectivity index is 2.08. The molecular formula is C20H20N4O. The molecule has 0 spiro atoms. The first-order chi connectivity index (χ1) is 12.1. The maximum absolute atomic E-state index is 10.5. The predicted molar refractivity (Wildman–Crippen MR) is 102 cm³/mol. The number of anilines is 1. The van der Waals surface area contributed by atoms with Crippen LogP contribution in [0.3, 0.4) is 0 Å². The van der Waals surface area contributed by atoms with Gasteiger partial charge in [0.1, 0.15) is 0 Å². The zero-order chi connectivity index (χ0) is 17.6. The van der Waals surface area contributed by atoms with E-state index >= 15 is 0 Å². The Hall–Kier alpha value is -3.08. The lowest BCUT2D eigenvalue weighted by molar-refractivity contribution is 0.421. The molecule has 0 unspecified atom stereocenters. The summed E-state index contributed by atoms with van der Waals surface area (Å²) in [6, 6.07) is 9.91. The molecule has 5 nitrogen and oxygen atoms in total. The molecule has 0 radical (unpaired) electrons. The Bertz CT molecular complexity index is 1100. The standard InChI is InChI=1S/C20H20N4O/c1-3-10-24-11-16-17(20(24)25)18(21)15-7-4-6-14(19(15)23-16)13-8-5-9-22-12(13)2/h4-9,11,25H,3,10,21H2,1-2H3. The molecule has 4 rings (SSSR count). The Morgan fingerprint density at radius 2 is 1.96 bits per heavy atom. The third-order valence-corrected chi connectivity index (χ3v) is 4.62. The fourth-order valence-electron chi connectivity index (χ4n) is 3.41. The molecule has 0 fully saturated rings. The third kappa shape index (κ3) is 2.31. The number of nitrogens with zero attached hydrogens (tertiary/aromatic N) is 3. The van der Waals surface area contributed by atoms with E-state index in [0.717, 1.165) is 40.7 Å². The summed E-state index contributed by atoms with van der Waals surface area (Å²) in [4.78, 5) is 9.22. The monoisotopic (exact) mass is 332 g/mol. The van der Waals surface area contributed by atoms with Crippen molar-refractivity contribution in [2.24, 2.45) is 0 Å². The number of hydrogen-bond acceptors (Lipinski definition) is 4. The minimum Gasteiger partial charge on any atom is -0.494 e. The maximum atomic E-state index is 10.5. The van der Waals surface area contributed by atoms with Crippen LogP contribution in [0.4, 0.5) is 5.69 Å². The molecule has 3 N–H and O–H groups in total. The quantitative estimate of drug-likeness (QED) is 0.588. The van der Waals surface area contributed by atoms with Gasteiger partial charge in [-0.15, -0.1) is 0 Å². The van der Waals surface area contributed by atoms with E-state index < -0.39 is 0 Å². The van der Waals surface area contributed by atoms with Gasteiger partial charge in [-0.3, -0.25) is 4.98 Å². The lowest BCUT2D eigenvalue weighted by Gasteiger charge is -2.10. The molecule has 0 aliphatic heterocycles. The fourth-order valence-corrected chi connectivity index (χ4v) is 3.41. The maximum Gasteiger partial charge on any atom is 0.202 e. The first-order valence-corrected chi connectivity index (χ1v) is 8.43. The van der Waals surface area contributed by atoms with E-state index in [2.05, 4.69) is 11.9 Å². The zero-order valence-electron chi connectivity index (χ0n) is 14.3. The Morgan fingerprint density at radius 1 is 1.16 bits per heavy atom. The van der Waals surface area contributed by atoms with E-state index in [1.54, 1.807) is 6.20 Å². The van der Waals surface area contributed by atoms with Crippen molar-refractivity contribution >= 4 is 27.5 Å². The number of aromatic hydroxyl groups is 1. The number of para-hydroxylation sites is 1. The van der Waals surface area contributed by atoms with Crippen molar-refractivity contribution in [3.8, 4) is 17.0 Å². The molecule has 0 bridgehead atoms. The van der Waals surface area contributed by atoms with Crippen molar-refractivity contribution in [1.29, 1.82) is 0 Å². The van der Waals surface area contributed by atoms with Gasteiger partial charge in [-0.25, -0.2) is 4.98 Å². The summed E-state index contributed by atoms with van der Waals surface area (Å²) >= 11 is 0. The van der Waals surface area contributed by atoms with Gasteiger partial charge in [0.25, 0.3) is 0 Å². The molecule has 25 heavy (non-hydrogen) atoms. The van der Waals surface area contributed by atoms with E-state index in [1.807, 2.05) is 48.0 Å². The average molecular weight is 332 g/mol. The Morgan fingerprint density at radius 3 is 2.72 bits per heavy atom. The van der Waals surface area contributed by atoms with Crippen LogP contribution in [0.5, 0.6) is 5.88 Å². The minimum absolute atomic E-state index is 0.187. The van der Waals surface area contributed by atoms with Gasteiger partial charge in [0.2, 0.25) is 5.88 Å². The summed E-state index contributed by atoms with van der Waals surface area (Å²) in [5.41, 5.74) is 11.5. The lowest BCUT2D eigenvalue weighted by atomic mass is 9.99. The molecule has 0 aliphatic rings. The number of rotatable bonds is 3. The number of aryl methyl sites for hydroxylation is 2. The van der Waals surface area contributed by atoms with Gasteiger partial charge < -0.3 is 15.4 Å². The largest absolute Gasteiger partial charge is 0.494 e. The molecule has 0 saturated carbocycles. The molecule has 0 aliphatic carbocycles. The fraction of sp³-hybridized carbons (Fsp3) is 0.200. The van der Waals surface area contributed by atoms with E-state index in [9.17, 15) is 5.11 Å². The smallest absolute Gasteiger partial charge is 0.202 e. The number of fused-ring (bicyclic) bond motifs is 2. The van der Waals surface area contributed by atoms with E-state index in [0.29, 0.717) is 16.6 Å². The topological polar surface area (TPSA) is 77.0 Å². The van der Waals surface area contributed by atoms with Crippen LogP contribution in [0, 0.1) is 6.92 Å². The highest BCUT2D eigenvalue weighted by Gasteiger charge is 2.17. The highest BCUT2D eigenvalue weighted by molar-refractivity contribution is 6.12. The third-order valence-electron chi connectivity index (χ3n) is 4.62. The number of nitrogens with two attached hydrogens (primary N) is 1. The average Bonchev–Trinajstić information content (AvgIpc) is 2.92. The van der Waals surface area contributed by atoms with Crippen LogP contribution in [0.15, 0.2) is 42.7 Å². The van der Waals surface area contributed by atoms with Crippen LogP contribution in [0.25, 0.3) is 32.9 Å². The van der Waals surface area contributed by atoms with Crippen LogP contribution >= 0.6 is 0 Å². The van der Waals surface area contributed by atoms with Crippen LogP contribution in [-0.2, 0) is 6.54 Å². The first kappa shape index (κ1) is 15.4. The second kappa shape index (κ2) is 5.77. The van der Waals surface area contributed by atoms with Gasteiger partial charge in [0, 0.05) is 41.1 Å². The van der Waals surface area contributed by atoms with Crippen molar-refractivity contribution in [2.75, 3.05) is 5.73 Å². The molecule has 0 amide bonds. The zero-order valence-corrected chi connectivity index (χ0v) is 14.3. The van der Waals surface area contributed by atoms with Crippen LogP contribution in [0.2, 0.25) is 0 Å². The van der Waals surface area contributed by atoms with Crippen LogP contribution < -0.4 is 5.73 Å². The first-order valence-electron chi connectivity index (χ1n) is 8.43. The summed E-state index contributed by atoms with van der Waals surface area (Å²) in [6.07, 6.45) is 4.58. The summed E-state index contributed by atoms with van der Waals surface area (Å²) in [6.45, 7) is 4.78. The van der Waals surface area contributed by atoms with Gasteiger partial charge in [0.15, 0.2) is 0 Å². The van der Waals surface area contributed by atoms with Gasteiger partial charge >= 0.3 is 0 Å². The highest BCUT2D eigenvalue weighted by Crippen LogP contribution is 2.39. The molecule has 0 saturated heterocycles. The van der Waals surface area contributed by atoms with Crippen molar-refractivity contribution in [3.63, 3.8) is 0 Å². The Kier molecular flexibility index (Phi) is 3.57. The molecule has 0 atom stereocenters. The van der Waals surface area contributed by atoms with Crippen molar-refractivity contribution < 1.29 is 5.11 Å². The van der Waals surface area contributed by atoms with Crippen molar-refractivity contribution in [2.45, 2.75) is 26.8 Å². The second-order valence-corrected chi connectivity index (χ2v) is 6.27. The van der Waals surface area contributed by atoms with Crippen molar-refractivity contribution in [1.82, 2.24) is 14.5 Å². The van der Waals surface area contributed by atoms with Crippen LogP contribution in [0.1, 0.15) is 19.0 Å². The van der Waals surface area contributed by atoms with Gasteiger partial charge in [-0.05, 0) is 19.4 Å². The summed E-state index contributed by atoms with van der Waals surface area (Å²) in [5.74, 6) is 0.187. The minimum atomic E-state index is 0.187. The number of hydrogen-bond donors (Lipinski definition) is 2. The van der Waals surface area contributed by atoms with Gasteiger partial charge in [0.05, 0.1) is 22.1 Å². The number of pyridine rings is 2. The number of benzene rings is 1. The SMILES string of the molecule is CCCn1cc2nc3c(-c4cccnc4C)cccc3c(N)c2c1O. The number of aromatic nitrogens is 3. The van der Waals surface area contributed by atoms with E-state index in [1.165, 1.54) is 0 Å². The van der Waals surface area contributed by atoms with Crippen LogP contribution in [-0.4, -0.2) is 19.6 Å². The molecule has 4 aromatic rings. The second-order valence-electron chi connectivity index (χ2n) is 6.27. The Labute approximate surface area is 145 Å². The molecule has 1 aromatic carbocycles. The van der Waals surface area contributed by atoms with E-state index in [4.69, 9.17) is 10.7 Å². The molecule has 126 valence electrons. The van der Waals surface area contributed by atoms with Gasteiger partial charge in [-0.1, -0.05) is 31.2 Å². The number of nitrogen functional groups attached to an aromatic ring is 1. The summed E-state index contributed by atoms with van der Waals surface area (Å²) < 4.78 is 1.81. The molecule has 5 heteroatoms. The van der Waals surface area contributed by atoms with Gasteiger partial charge in [-0.2, -0.15) is 0 Å². The predicted octanol–water partition coefficient (Wildman–Crippen LogP) is 4.26. The molecule has 3 aromatic heterocycles.